The summed E-state index contributed by atoms with van der Waals surface area (Å²) >= 11 is 1.67. The highest BCUT2D eigenvalue weighted by Crippen LogP contribution is 2.39. The van der Waals surface area contributed by atoms with Crippen molar-refractivity contribution in [1.29, 1.82) is 0 Å². The third kappa shape index (κ3) is 4.16. The molecule has 0 saturated carbocycles. The topological polar surface area (TPSA) is 47.9 Å². The van der Waals surface area contributed by atoms with Gasteiger partial charge < -0.3 is 19.3 Å². The van der Waals surface area contributed by atoms with Gasteiger partial charge in [0.15, 0.2) is 11.5 Å². The quantitative estimate of drug-likeness (QED) is 0.664. The first kappa shape index (κ1) is 18.1. The molecule has 0 aliphatic heterocycles. The van der Waals surface area contributed by atoms with Gasteiger partial charge in [0, 0.05) is 16.0 Å². The molecule has 0 fully saturated rings. The van der Waals surface area contributed by atoms with Crippen LogP contribution < -0.4 is 14.2 Å². The van der Waals surface area contributed by atoms with Gasteiger partial charge in [0.2, 0.25) is 5.75 Å². The average Bonchev–Trinajstić information content (AvgIpc) is 2.65. The molecular formula is C19H20O4S. The lowest BCUT2D eigenvalue weighted by molar-refractivity contribution is 0.236. The molecule has 1 unspecified atom stereocenters. The van der Waals surface area contributed by atoms with Crippen LogP contribution in [0.2, 0.25) is 0 Å². The molecule has 0 aromatic heterocycles. The van der Waals surface area contributed by atoms with Gasteiger partial charge in [-0.05, 0) is 42.7 Å². The Morgan fingerprint density at radius 1 is 0.958 bits per heavy atom. The van der Waals surface area contributed by atoms with Gasteiger partial charge in [-0.3, -0.25) is 0 Å². The van der Waals surface area contributed by atoms with Crippen molar-refractivity contribution in [2.75, 3.05) is 27.6 Å². The minimum atomic E-state index is -0.959. The summed E-state index contributed by atoms with van der Waals surface area (Å²) in [6.07, 6.45) is 1.06. The maximum absolute atomic E-state index is 10.4. The molecule has 0 heterocycles. The van der Waals surface area contributed by atoms with Gasteiger partial charge in [0.25, 0.3) is 0 Å². The molecule has 0 saturated heterocycles. The van der Waals surface area contributed by atoms with E-state index in [0.29, 0.717) is 22.8 Å². The van der Waals surface area contributed by atoms with Crippen LogP contribution >= 0.6 is 11.8 Å². The predicted octanol–water partition coefficient (Wildman–Crippen LogP) is 3.52. The molecule has 0 aliphatic rings. The van der Waals surface area contributed by atoms with Crippen molar-refractivity contribution in [3.8, 4) is 29.1 Å². The summed E-state index contributed by atoms with van der Waals surface area (Å²) in [7, 11) is 4.60. The van der Waals surface area contributed by atoms with E-state index in [-0.39, 0.29) is 0 Å². The molecule has 0 radical (unpaired) electrons. The number of aliphatic hydroxyl groups excluding tert-OH is 1. The predicted molar refractivity (Wildman–Crippen MR) is 96.2 cm³/mol. The van der Waals surface area contributed by atoms with Crippen molar-refractivity contribution in [3.63, 3.8) is 0 Å². The maximum Gasteiger partial charge on any atom is 0.203 e. The highest BCUT2D eigenvalue weighted by Gasteiger charge is 2.16. The summed E-state index contributed by atoms with van der Waals surface area (Å²) in [5.41, 5.74) is 1.43. The van der Waals surface area contributed by atoms with Crippen LogP contribution in [0.25, 0.3) is 0 Å². The van der Waals surface area contributed by atoms with Crippen LogP contribution in [-0.4, -0.2) is 32.7 Å². The van der Waals surface area contributed by atoms with Crippen LogP contribution in [-0.2, 0) is 0 Å². The van der Waals surface area contributed by atoms with Crippen LogP contribution in [0.15, 0.2) is 41.3 Å². The van der Waals surface area contributed by atoms with E-state index >= 15 is 0 Å². The van der Waals surface area contributed by atoms with Gasteiger partial charge in [-0.25, -0.2) is 0 Å². The molecule has 0 spiro atoms. The normalized spacial score (nSPS) is 11.2. The molecular weight excluding hydrogens is 324 g/mol. The van der Waals surface area contributed by atoms with E-state index in [2.05, 4.69) is 11.8 Å². The van der Waals surface area contributed by atoms with Crippen LogP contribution in [0.5, 0.6) is 17.2 Å². The Kier molecular flexibility index (Phi) is 6.42. The summed E-state index contributed by atoms with van der Waals surface area (Å²) in [5, 5.41) is 10.4. The largest absolute Gasteiger partial charge is 0.493 e. The molecule has 0 aliphatic carbocycles. The van der Waals surface area contributed by atoms with E-state index in [1.54, 1.807) is 23.9 Å². The Morgan fingerprint density at radius 3 is 2.00 bits per heavy atom. The zero-order chi connectivity index (χ0) is 17.5. The lowest BCUT2D eigenvalue weighted by atomic mass is 10.1. The van der Waals surface area contributed by atoms with Crippen molar-refractivity contribution in [2.45, 2.75) is 11.0 Å². The minimum Gasteiger partial charge on any atom is -0.493 e. The van der Waals surface area contributed by atoms with Crippen LogP contribution in [0.4, 0.5) is 0 Å². The Hall–Kier alpha value is -2.29. The molecule has 1 N–H and O–H groups in total. The number of hydrogen-bond acceptors (Lipinski definition) is 5. The van der Waals surface area contributed by atoms with E-state index < -0.39 is 6.10 Å². The fourth-order valence-electron chi connectivity index (χ4n) is 2.17. The maximum atomic E-state index is 10.4. The van der Waals surface area contributed by atoms with Crippen molar-refractivity contribution in [1.82, 2.24) is 0 Å². The smallest absolute Gasteiger partial charge is 0.203 e. The van der Waals surface area contributed by atoms with Gasteiger partial charge in [-0.15, -0.1) is 11.8 Å². The minimum absolute atomic E-state index is 0.483. The molecule has 2 aromatic rings. The second-order valence-electron chi connectivity index (χ2n) is 4.86. The molecule has 5 heteroatoms. The van der Waals surface area contributed by atoms with E-state index in [1.165, 1.54) is 26.2 Å². The first-order valence-corrected chi connectivity index (χ1v) is 8.49. The van der Waals surface area contributed by atoms with E-state index in [0.717, 1.165) is 5.56 Å². The van der Waals surface area contributed by atoms with Crippen LogP contribution in [0.1, 0.15) is 17.2 Å². The highest BCUT2D eigenvalue weighted by atomic mass is 32.2. The number of methoxy groups -OCH3 is 3. The first-order valence-electron chi connectivity index (χ1n) is 7.26. The monoisotopic (exact) mass is 344 g/mol. The fourth-order valence-corrected chi connectivity index (χ4v) is 2.58. The molecule has 1 atom stereocenters. The first-order chi connectivity index (χ1) is 11.6. The summed E-state index contributed by atoms with van der Waals surface area (Å²) in [6.45, 7) is 0. The SMILES string of the molecule is COc1cc(C(O)C#Cc2ccc(SC)cc2)cc(OC)c1OC. The molecule has 0 bridgehead atoms. The van der Waals surface area contributed by atoms with Crippen molar-refractivity contribution in [3.05, 3.63) is 47.5 Å². The third-order valence-electron chi connectivity index (χ3n) is 3.45. The summed E-state index contributed by atoms with van der Waals surface area (Å²) in [5.74, 6) is 7.26. The zero-order valence-electron chi connectivity index (χ0n) is 14.1. The Bertz CT molecular complexity index is 719. The molecule has 2 rings (SSSR count). The summed E-state index contributed by atoms with van der Waals surface area (Å²) in [6, 6.07) is 11.2. The van der Waals surface area contributed by atoms with Crippen molar-refractivity contribution >= 4 is 11.8 Å². The second-order valence-corrected chi connectivity index (χ2v) is 5.74. The lowest BCUT2D eigenvalue weighted by Crippen LogP contribution is -2.00. The average molecular weight is 344 g/mol. The Balaban J connectivity index is 2.29. The summed E-state index contributed by atoms with van der Waals surface area (Å²) < 4.78 is 15.9. The number of thioether (sulfide) groups is 1. The van der Waals surface area contributed by atoms with E-state index in [9.17, 15) is 5.11 Å². The van der Waals surface area contributed by atoms with Crippen LogP contribution in [0, 0.1) is 11.8 Å². The lowest BCUT2D eigenvalue weighted by Gasteiger charge is -2.14. The molecule has 2 aromatic carbocycles. The number of ether oxygens (including phenoxy) is 3. The van der Waals surface area contributed by atoms with Crippen molar-refractivity contribution < 1.29 is 19.3 Å². The molecule has 4 nitrogen and oxygen atoms in total. The van der Waals surface area contributed by atoms with E-state index in [1.807, 2.05) is 30.5 Å². The third-order valence-corrected chi connectivity index (χ3v) is 4.19. The number of rotatable bonds is 5. The Morgan fingerprint density at radius 2 is 1.54 bits per heavy atom. The molecule has 0 amide bonds. The van der Waals surface area contributed by atoms with Gasteiger partial charge in [0.05, 0.1) is 21.3 Å². The highest BCUT2D eigenvalue weighted by molar-refractivity contribution is 7.98. The molecule has 126 valence electrons. The number of aliphatic hydroxyl groups is 1. The van der Waals surface area contributed by atoms with Gasteiger partial charge in [0.1, 0.15) is 6.10 Å². The standard InChI is InChI=1S/C19H20O4S/c1-21-17-11-14(12-18(22-2)19(17)23-3)16(20)10-7-13-5-8-15(24-4)9-6-13/h5-6,8-9,11-12,16,20H,1-4H3. The number of benzene rings is 2. The van der Waals surface area contributed by atoms with Crippen LogP contribution in [0.3, 0.4) is 0 Å². The second kappa shape index (κ2) is 8.53. The van der Waals surface area contributed by atoms with Gasteiger partial charge >= 0.3 is 0 Å². The van der Waals surface area contributed by atoms with Crippen molar-refractivity contribution in [2.24, 2.45) is 0 Å². The Labute approximate surface area is 146 Å². The van der Waals surface area contributed by atoms with Gasteiger partial charge in [-0.1, -0.05) is 11.8 Å². The fraction of sp³-hybridized carbons (Fsp3) is 0.263. The molecule has 24 heavy (non-hydrogen) atoms. The van der Waals surface area contributed by atoms with Gasteiger partial charge in [-0.2, -0.15) is 0 Å². The summed E-state index contributed by atoms with van der Waals surface area (Å²) in [4.78, 5) is 1.17. The van der Waals surface area contributed by atoms with E-state index in [4.69, 9.17) is 14.2 Å². The zero-order valence-corrected chi connectivity index (χ0v) is 14.9. The number of hydrogen-bond donors (Lipinski definition) is 1.